The number of allylic oxidation sites excluding steroid dienone is 1. The molecule has 0 aliphatic carbocycles. The van der Waals surface area contributed by atoms with Gasteiger partial charge < -0.3 is 18.8 Å². The predicted molar refractivity (Wildman–Crippen MR) is 94.0 cm³/mol. The van der Waals surface area contributed by atoms with Gasteiger partial charge in [-0.25, -0.2) is 0 Å². The van der Waals surface area contributed by atoms with Gasteiger partial charge in [0.25, 0.3) is 5.91 Å². The van der Waals surface area contributed by atoms with Gasteiger partial charge in [0.2, 0.25) is 5.78 Å². The average Bonchev–Trinajstić information content (AvgIpc) is 3.29. The van der Waals surface area contributed by atoms with E-state index in [-0.39, 0.29) is 24.1 Å². The predicted octanol–water partition coefficient (Wildman–Crippen LogP) is 3.29. The number of carbonyl (C=O) groups excluding carboxylic acids is 2. The third kappa shape index (κ3) is 3.35. The number of nitrogens with zero attached hydrogens (tertiary/aromatic N) is 1. The van der Waals surface area contributed by atoms with Crippen molar-refractivity contribution < 1.29 is 23.5 Å². The first-order chi connectivity index (χ1) is 12.7. The molecule has 1 amide bonds. The van der Waals surface area contributed by atoms with E-state index >= 15 is 0 Å². The van der Waals surface area contributed by atoms with Crippen LogP contribution >= 0.6 is 0 Å². The van der Waals surface area contributed by atoms with Crippen LogP contribution in [0.25, 0.3) is 6.08 Å². The summed E-state index contributed by atoms with van der Waals surface area (Å²) in [6.45, 7) is 1.58. The number of ketones is 1. The number of benzene rings is 1. The first-order valence-electron chi connectivity index (χ1n) is 8.73. The molecule has 0 saturated carbocycles. The van der Waals surface area contributed by atoms with Gasteiger partial charge in [0.1, 0.15) is 17.3 Å². The van der Waals surface area contributed by atoms with Gasteiger partial charge in [-0.2, -0.15) is 0 Å². The van der Waals surface area contributed by atoms with Crippen molar-refractivity contribution in [1.82, 2.24) is 4.90 Å². The van der Waals surface area contributed by atoms with E-state index in [4.69, 9.17) is 13.9 Å². The van der Waals surface area contributed by atoms with Crippen LogP contribution in [0, 0.1) is 0 Å². The molecule has 0 radical (unpaired) electrons. The number of piperidine rings is 1. The molecule has 1 aromatic heterocycles. The quantitative estimate of drug-likeness (QED) is 0.789. The van der Waals surface area contributed by atoms with Gasteiger partial charge in [0.15, 0.2) is 12.4 Å². The van der Waals surface area contributed by atoms with Gasteiger partial charge in [-0.3, -0.25) is 9.59 Å². The molecule has 1 fully saturated rings. The summed E-state index contributed by atoms with van der Waals surface area (Å²) in [5.41, 5.74) is 0.470. The molecule has 2 aromatic rings. The topological polar surface area (TPSA) is 69.0 Å². The first-order valence-corrected chi connectivity index (χ1v) is 8.73. The van der Waals surface area contributed by atoms with Crippen LogP contribution in [0.5, 0.6) is 11.5 Å². The maximum atomic E-state index is 12.4. The Morgan fingerprint density at radius 2 is 2.04 bits per heavy atom. The lowest BCUT2D eigenvalue weighted by Gasteiger charge is -2.26. The van der Waals surface area contributed by atoms with E-state index in [1.165, 1.54) is 12.7 Å². The molecule has 0 spiro atoms. The molecule has 2 aliphatic rings. The fraction of sp³-hybridized carbons (Fsp3) is 0.300. The average molecular weight is 353 g/mol. The van der Waals surface area contributed by atoms with Crippen molar-refractivity contribution in [2.45, 2.75) is 19.3 Å². The number of hydrogen-bond acceptors (Lipinski definition) is 5. The van der Waals surface area contributed by atoms with Gasteiger partial charge in [0, 0.05) is 25.2 Å². The largest absolute Gasteiger partial charge is 0.484 e. The van der Waals surface area contributed by atoms with Crippen LogP contribution in [0.1, 0.15) is 35.4 Å². The van der Waals surface area contributed by atoms with Gasteiger partial charge in [-0.15, -0.1) is 0 Å². The summed E-state index contributed by atoms with van der Waals surface area (Å²) in [6, 6.07) is 8.46. The van der Waals surface area contributed by atoms with Gasteiger partial charge in [0.05, 0.1) is 11.8 Å². The molecule has 4 rings (SSSR count). The summed E-state index contributed by atoms with van der Waals surface area (Å²) in [5, 5.41) is 0. The summed E-state index contributed by atoms with van der Waals surface area (Å²) in [5.74, 6) is 1.46. The van der Waals surface area contributed by atoms with E-state index in [2.05, 4.69) is 0 Å². The zero-order valence-electron chi connectivity index (χ0n) is 14.3. The van der Waals surface area contributed by atoms with Crippen LogP contribution in [-0.4, -0.2) is 36.3 Å². The Balaban J connectivity index is 1.42. The molecule has 6 nitrogen and oxygen atoms in total. The number of likely N-dealkylation sites (tertiary alicyclic amines) is 1. The van der Waals surface area contributed by atoms with Crippen molar-refractivity contribution in [2.75, 3.05) is 19.7 Å². The molecule has 0 unspecified atom stereocenters. The molecule has 1 saturated heterocycles. The summed E-state index contributed by atoms with van der Waals surface area (Å²) >= 11 is 0. The van der Waals surface area contributed by atoms with E-state index in [0.717, 1.165) is 25.9 Å². The normalized spacial score (nSPS) is 17.9. The summed E-state index contributed by atoms with van der Waals surface area (Å²) in [4.78, 5) is 26.4. The molecule has 0 atom stereocenters. The number of amides is 1. The van der Waals surface area contributed by atoms with Gasteiger partial charge in [-0.1, -0.05) is 0 Å². The lowest BCUT2D eigenvalue weighted by atomic mass is 10.1. The fourth-order valence-corrected chi connectivity index (χ4v) is 3.14. The number of rotatable bonds is 4. The minimum atomic E-state index is -0.202. The van der Waals surface area contributed by atoms with Crippen LogP contribution in [0.3, 0.4) is 0 Å². The summed E-state index contributed by atoms with van der Waals surface area (Å²) < 4.78 is 16.4. The minimum Gasteiger partial charge on any atom is -0.484 e. The third-order valence-electron chi connectivity index (χ3n) is 4.53. The molecule has 3 heterocycles. The molecule has 134 valence electrons. The Morgan fingerprint density at radius 1 is 1.19 bits per heavy atom. The van der Waals surface area contributed by atoms with E-state index < -0.39 is 0 Å². The Morgan fingerprint density at radius 3 is 2.81 bits per heavy atom. The lowest BCUT2D eigenvalue weighted by molar-refractivity contribution is -0.134. The molecule has 2 aliphatic heterocycles. The second-order valence-corrected chi connectivity index (χ2v) is 6.34. The Bertz CT molecular complexity index is 847. The fourth-order valence-electron chi connectivity index (χ4n) is 3.14. The molecule has 0 bridgehead atoms. The van der Waals surface area contributed by atoms with Crippen LogP contribution in [0.2, 0.25) is 0 Å². The highest BCUT2D eigenvalue weighted by atomic mass is 16.5. The Kier molecular flexibility index (Phi) is 4.48. The van der Waals surface area contributed by atoms with Gasteiger partial charge in [-0.05, 0) is 43.5 Å². The van der Waals surface area contributed by atoms with Crippen molar-refractivity contribution in [2.24, 2.45) is 0 Å². The van der Waals surface area contributed by atoms with Crippen molar-refractivity contribution >= 4 is 17.8 Å². The van der Waals surface area contributed by atoms with Crippen LogP contribution in [-0.2, 0) is 4.79 Å². The third-order valence-corrected chi connectivity index (χ3v) is 4.53. The minimum absolute atomic E-state index is 0.0121. The molecule has 1 aromatic carbocycles. The maximum Gasteiger partial charge on any atom is 0.260 e. The SMILES string of the molecule is O=C1C(=Cc2ccco2)Oc2cc(OCC(=O)N3CCCCC3)ccc21. The molecule has 0 N–H and O–H groups in total. The van der Waals surface area contributed by atoms with E-state index in [1.807, 2.05) is 4.90 Å². The van der Waals surface area contributed by atoms with Crippen molar-refractivity contribution in [3.63, 3.8) is 0 Å². The van der Waals surface area contributed by atoms with Crippen molar-refractivity contribution in [3.05, 3.63) is 53.7 Å². The van der Waals surface area contributed by atoms with Crippen LogP contribution in [0.15, 0.2) is 46.8 Å². The van der Waals surface area contributed by atoms with Crippen molar-refractivity contribution in [1.29, 1.82) is 0 Å². The van der Waals surface area contributed by atoms with E-state index in [9.17, 15) is 9.59 Å². The first kappa shape index (κ1) is 16.4. The number of ether oxygens (including phenoxy) is 2. The van der Waals surface area contributed by atoms with E-state index in [0.29, 0.717) is 22.8 Å². The molecular formula is C20H19NO5. The highest BCUT2D eigenvalue weighted by molar-refractivity contribution is 6.14. The number of carbonyl (C=O) groups is 2. The van der Waals surface area contributed by atoms with Crippen LogP contribution < -0.4 is 9.47 Å². The Labute approximate surface area is 151 Å². The molecule has 26 heavy (non-hydrogen) atoms. The van der Waals surface area contributed by atoms with Crippen molar-refractivity contribution in [3.8, 4) is 11.5 Å². The highest BCUT2D eigenvalue weighted by Crippen LogP contribution is 2.34. The number of fused-ring (bicyclic) bond motifs is 1. The summed E-state index contributed by atoms with van der Waals surface area (Å²) in [6.07, 6.45) is 6.36. The molecular weight excluding hydrogens is 334 g/mol. The van der Waals surface area contributed by atoms with Crippen LogP contribution in [0.4, 0.5) is 0 Å². The zero-order chi connectivity index (χ0) is 17.9. The number of Topliss-reactive ketones (excluding diaryl/α,β-unsaturated/α-hetero) is 1. The second kappa shape index (κ2) is 7.07. The standard InChI is InChI=1S/C20H19NO5/c22-19(21-8-2-1-3-9-21)13-25-15-6-7-16-17(11-15)26-18(20(16)23)12-14-5-4-10-24-14/h4-7,10-12H,1-3,8-9,13H2. The maximum absolute atomic E-state index is 12.4. The highest BCUT2D eigenvalue weighted by Gasteiger charge is 2.28. The number of hydrogen-bond donors (Lipinski definition) is 0. The molecule has 6 heteroatoms. The smallest absolute Gasteiger partial charge is 0.260 e. The zero-order valence-corrected chi connectivity index (χ0v) is 14.3. The summed E-state index contributed by atoms with van der Waals surface area (Å²) in [7, 11) is 0. The van der Waals surface area contributed by atoms with E-state index in [1.54, 1.807) is 36.4 Å². The van der Waals surface area contributed by atoms with Gasteiger partial charge >= 0.3 is 0 Å². The number of furan rings is 1. The Hall–Kier alpha value is -3.02. The second-order valence-electron chi connectivity index (χ2n) is 6.34. The lowest BCUT2D eigenvalue weighted by Crippen LogP contribution is -2.38. The monoisotopic (exact) mass is 353 g/mol.